The van der Waals surface area contributed by atoms with Crippen molar-refractivity contribution >= 4 is 17.5 Å². The number of halogens is 1. The zero-order valence-corrected chi connectivity index (χ0v) is 16.2. The summed E-state index contributed by atoms with van der Waals surface area (Å²) in [5.74, 6) is 1.04. The summed E-state index contributed by atoms with van der Waals surface area (Å²) in [5, 5.41) is 0. The van der Waals surface area contributed by atoms with Crippen LogP contribution in [0.2, 0.25) is 0 Å². The third-order valence-corrected chi connectivity index (χ3v) is 5.69. The molecule has 0 radical (unpaired) electrons. The summed E-state index contributed by atoms with van der Waals surface area (Å²) in [6.07, 6.45) is 3.74. The van der Waals surface area contributed by atoms with Gasteiger partial charge in [0.1, 0.15) is 11.5 Å². The first-order valence-electron chi connectivity index (χ1n) is 9.98. The largest absolute Gasteiger partial charge is 0.366 e. The summed E-state index contributed by atoms with van der Waals surface area (Å²) in [5.41, 5.74) is 1.09. The molecule has 0 bridgehead atoms. The van der Waals surface area contributed by atoms with Gasteiger partial charge in [-0.3, -0.25) is 4.79 Å². The molecule has 2 aromatic rings. The van der Waals surface area contributed by atoms with Gasteiger partial charge in [-0.1, -0.05) is 19.1 Å². The maximum atomic E-state index is 14.0. The molecule has 28 heavy (non-hydrogen) atoms. The number of hydrogen-bond donors (Lipinski definition) is 0. The van der Waals surface area contributed by atoms with Gasteiger partial charge in [0.2, 0.25) is 5.95 Å². The topological polar surface area (TPSA) is 52.6 Å². The number of aromatic nitrogens is 2. The number of nitrogens with zero attached hydrogens (tertiary/aromatic N) is 5. The van der Waals surface area contributed by atoms with Crippen LogP contribution >= 0.6 is 0 Å². The van der Waals surface area contributed by atoms with Gasteiger partial charge in [0.25, 0.3) is 5.91 Å². The first-order chi connectivity index (χ1) is 13.6. The Kier molecular flexibility index (Phi) is 5.41. The number of carbonyl (C=O) groups excluding carboxylic acids is 1. The summed E-state index contributed by atoms with van der Waals surface area (Å²) >= 11 is 0. The quantitative estimate of drug-likeness (QED) is 0.816. The van der Waals surface area contributed by atoms with Crippen LogP contribution in [0.15, 0.2) is 36.5 Å². The Morgan fingerprint density at radius 3 is 2.39 bits per heavy atom. The second kappa shape index (κ2) is 8.12. The van der Waals surface area contributed by atoms with E-state index in [1.807, 2.05) is 15.9 Å². The van der Waals surface area contributed by atoms with Gasteiger partial charge in [-0.05, 0) is 37.0 Å². The summed E-state index contributed by atoms with van der Waals surface area (Å²) < 4.78 is 14.0. The van der Waals surface area contributed by atoms with Gasteiger partial charge in [-0.2, -0.15) is 0 Å². The highest BCUT2D eigenvalue weighted by molar-refractivity contribution is 5.92. The van der Waals surface area contributed by atoms with E-state index in [0.717, 1.165) is 25.9 Å². The van der Waals surface area contributed by atoms with Crippen molar-refractivity contribution in [2.45, 2.75) is 19.8 Å². The third kappa shape index (κ3) is 3.93. The molecular weight excluding hydrogens is 357 g/mol. The van der Waals surface area contributed by atoms with E-state index in [9.17, 15) is 9.18 Å². The fourth-order valence-corrected chi connectivity index (χ4v) is 3.85. The maximum Gasteiger partial charge on any atom is 0.272 e. The smallest absolute Gasteiger partial charge is 0.272 e. The van der Waals surface area contributed by atoms with Gasteiger partial charge < -0.3 is 14.7 Å². The molecule has 0 atom stereocenters. The average molecular weight is 383 g/mol. The van der Waals surface area contributed by atoms with Gasteiger partial charge in [-0.15, -0.1) is 0 Å². The van der Waals surface area contributed by atoms with Crippen LogP contribution in [-0.2, 0) is 0 Å². The molecule has 0 aliphatic carbocycles. The van der Waals surface area contributed by atoms with E-state index in [4.69, 9.17) is 0 Å². The maximum absolute atomic E-state index is 14.0. The van der Waals surface area contributed by atoms with Crippen molar-refractivity contribution in [3.63, 3.8) is 0 Å². The highest BCUT2D eigenvalue weighted by atomic mass is 19.1. The molecule has 0 N–H and O–H groups in total. The molecule has 2 fully saturated rings. The predicted molar refractivity (Wildman–Crippen MR) is 107 cm³/mol. The predicted octanol–water partition coefficient (Wildman–Crippen LogP) is 2.81. The SMILES string of the molecule is CC1CCN(C(=O)c2ccnc(N3CCN(c4ccccc4F)CC3)n2)CC1. The van der Waals surface area contributed by atoms with Crippen molar-refractivity contribution in [2.24, 2.45) is 5.92 Å². The van der Waals surface area contributed by atoms with E-state index in [0.29, 0.717) is 49.4 Å². The molecule has 1 aromatic carbocycles. The molecule has 4 rings (SSSR count). The standard InChI is InChI=1S/C21H26FN5O/c1-16-7-10-26(11-8-16)20(28)18-6-9-23-21(24-18)27-14-12-25(13-15-27)19-5-3-2-4-17(19)22/h2-6,9,16H,7-8,10-15H2,1H3. The van der Waals surface area contributed by atoms with E-state index in [1.54, 1.807) is 24.4 Å². The van der Waals surface area contributed by atoms with Crippen LogP contribution in [-0.4, -0.2) is 60.0 Å². The molecule has 2 saturated heterocycles. The minimum atomic E-state index is -0.198. The lowest BCUT2D eigenvalue weighted by Gasteiger charge is -2.36. The van der Waals surface area contributed by atoms with Crippen LogP contribution in [0.3, 0.4) is 0 Å². The van der Waals surface area contributed by atoms with Gasteiger partial charge in [0.15, 0.2) is 0 Å². The van der Waals surface area contributed by atoms with Crippen LogP contribution in [0.4, 0.5) is 16.0 Å². The Labute approximate surface area is 165 Å². The third-order valence-electron chi connectivity index (χ3n) is 5.69. The number of likely N-dealkylation sites (tertiary alicyclic amines) is 1. The Morgan fingerprint density at radius 1 is 1.00 bits per heavy atom. The molecule has 148 valence electrons. The second-order valence-corrected chi connectivity index (χ2v) is 7.64. The van der Waals surface area contributed by atoms with Crippen LogP contribution in [0.1, 0.15) is 30.3 Å². The van der Waals surface area contributed by atoms with Crippen molar-refractivity contribution < 1.29 is 9.18 Å². The number of rotatable bonds is 3. The minimum absolute atomic E-state index is 0.0134. The van der Waals surface area contributed by atoms with E-state index in [2.05, 4.69) is 21.8 Å². The van der Waals surface area contributed by atoms with Crippen molar-refractivity contribution in [3.05, 3.63) is 48.0 Å². The second-order valence-electron chi connectivity index (χ2n) is 7.64. The van der Waals surface area contributed by atoms with Gasteiger partial charge >= 0.3 is 0 Å². The van der Waals surface area contributed by atoms with Crippen molar-refractivity contribution in [3.8, 4) is 0 Å². The number of benzene rings is 1. The fraction of sp³-hybridized carbons (Fsp3) is 0.476. The molecule has 0 unspecified atom stereocenters. The molecule has 7 heteroatoms. The first-order valence-corrected chi connectivity index (χ1v) is 9.98. The molecule has 1 aromatic heterocycles. The summed E-state index contributed by atoms with van der Waals surface area (Å²) in [6, 6.07) is 8.54. The molecule has 2 aliphatic heterocycles. The van der Waals surface area contributed by atoms with Gasteiger partial charge in [0, 0.05) is 45.5 Å². The average Bonchev–Trinajstić information content (AvgIpc) is 2.74. The van der Waals surface area contributed by atoms with E-state index < -0.39 is 0 Å². The Morgan fingerprint density at radius 2 is 1.68 bits per heavy atom. The number of hydrogen-bond acceptors (Lipinski definition) is 5. The number of piperidine rings is 1. The highest BCUT2D eigenvalue weighted by Gasteiger charge is 2.25. The normalized spacial score (nSPS) is 18.4. The monoisotopic (exact) mass is 383 g/mol. The fourth-order valence-electron chi connectivity index (χ4n) is 3.85. The molecule has 6 nitrogen and oxygen atoms in total. The highest BCUT2D eigenvalue weighted by Crippen LogP contribution is 2.22. The first kappa shape index (κ1) is 18.7. The van der Waals surface area contributed by atoms with E-state index in [-0.39, 0.29) is 11.7 Å². The number of piperazine rings is 1. The molecule has 2 aliphatic rings. The van der Waals surface area contributed by atoms with E-state index >= 15 is 0 Å². The molecule has 0 saturated carbocycles. The minimum Gasteiger partial charge on any atom is -0.366 e. The Bertz CT molecular complexity index is 829. The number of anilines is 2. The van der Waals surface area contributed by atoms with Gasteiger partial charge in [-0.25, -0.2) is 14.4 Å². The lowest BCUT2D eigenvalue weighted by atomic mass is 9.99. The zero-order chi connectivity index (χ0) is 19.5. The van der Waals surface area contributed by atoms with Crippen LogP contribution in [0, 0.1) is 11.7 Å². The summed E-state index contributed by atoms with van der Waals surface area (Å²) in [6.45, 7) is 6.56. The van der Waals surface area contributed by atoms with E-state index in [1.165, 1.54) is 6.07 Å². The molecule has 1 amide bonds. The van der Waals surface area contributed by atoms with Crippen LogP contribution in [0.25, 0.3) is 0 Å². The van der Waals surface area contributed by atoms with Crippen molar-refractivity contribution in [1.29, 1.82) is 0 Å². The number of para-hydroxylation sites is 1. The summed E-state index contributed by atoms with van der Waals surface area (Å²) in [4.78, 5) is 27.7. The van der Waals surface area contributed by atoms with Crippen molar-refractivity contribution in [1.82, 2.24) is 14.9 Å². The van der Waals surface area contributed by atoms with Crippen molar-refractivity contribution in [2.75, 3.05) is 49.1 Å². The zero-order valence-electron chi connectivity index (χ0n) is 16.2. The number of carbonyl (C=O) groups is 1. The Hall–Kier alpha value is -2.70. The lowest BCUT2D eigenvalue weighted by molar-refractivity contribution is 0.0691. The lowest BCUT2D eigenvalue weighted by Crippen LogP contribution is -2.47. The molecular formula is C21H26FN5O. The summed E-state index contributed by atoms with van der Waals surface area (Å²) in [7, 11) is 0. The molecule has 3 heterocycles. The number of amides is 1. The molecule has 0 spiro atoms. The van der Waals surface area contributed by atoms with Crippen LogP contribution in [0.5, 0.6) is 0 Å². The van der Waals surface area contributed by atoms with Crippen LogP contribution < -0.4 is 9.80 Å². The van der Waals surface area contributed by atoms with Gasteiger partial charge in [0.05, 0.1) is 5.69 Å². The Balaban J connectivity index is 1.41.